The summed E-state index contributed by atoms with van der Waals surface area (Å²) in [6, 6.07) is 30.2. The highest BCUT2D eigenvalue weighted by atomic mass is 32.2. The van der Waals surface area contributed by atoms with Crippen molar-refractivity contribution in [2.45, 2.75) is 49.8 Å². The SMILES string of the molecule is CC(=O)c1cccc(NC(=O)Cc2ccc(C3OC(CSc4ccccc4N)CC(c4ccc(CO)cc4)O3)cc2)c1. The van der Waals surface area contributed by atoms with Crippen LogP contribution in [0.4, 0.5) is 11.4 Å². The molecule has 216 valence electrons. The molecule has 3 atom stereocenters. The standard InChI is InChI=1S/C34H34N2O5S/c1-22(38)27-5-4-6-28(18-27)36-33(39)17-23-9-15-26(16-10-23)34-40-29(21-42-32-8-3-2-7-30(32)35)19-31(41-34)25-13-11-24(20-37)12-14-25/h2-16,18,29,31,34,37H,17,19-21,35H2,1H3,(H,36,39). The number of ketones is 1. The van der Waals surface area contributed by atoms with Crippen LogP contribution in [0.1, 0.15) is 58.4 Å². The van der Waals surface area contributed by atoms with Gasteiger partial charge in [-0.2, -0.15) is 0 Å². The number of nitrogens with one attached hydrogen (secondary N) is 1. The summed E-state index contributed by atoms with van der Waals surface area (Å²) >= 11 is 1.66. The van der Waals surface area contributed by atoms with Crippen molar-refractivity contribution in [1.82, 2.24) is 0 Å². The zero-order valence-corrected chi connectivity index (χ0v) is 24.2. The van der Waals surface area contributed by atoms with E-state index >= 15 is 0 Å². The first-order valence-electron chi connectivity index (χ1n) is 13.9. The van der Waals surface area contributed by atoms with Crippen LogP contribution >= 0.6 is 11.8 Å². The molecule has 4 N–H and O–H groups in total. The number of aliphatic hydroxyl groups excluding tert-OH is 1. The molecule has 0 bridgehead atoms. The number of anilines is 2. The van der Waals surface area contributed by atoms with E-state index < -0.39 is 6.29 Å². The van der Waals surface area contributed by atoms with E-state index in [0.717, 1.165) is 32.8 Å². The Labute approximate surface area is 250 Å². The van der Waals surface area contributed by atoms with Crippen molar-refractivity contribution in [3.8, 4) is 0 Å². The molecule has 42 heavy (non-hydrogen) atoms. The highest BCUT2D eigenvalue weighted by molar-refractivity contribution is 7.99. The first-order valence-corrected chi connectivity index (χ1v) is 14.8. The second kappa shape index (κ2) is 13.8. The smallest absolute Gasteiger partial charge is 0.228 e. The Balaban J connectivity index is 1.27. The van der Waals surface area contributed by atoms with Crippen LogP contribution in [0.2, 0.25) is 0 Å². The average molecular weight is 583 g/mol. The van der Waals surface area contributed by atoms with Crippen LogP contribution in [0.3, 0.4) is 0 Å². The minimum absolute atomic E-state index is 0.00945. The average Bonchev–Trinajstić information content (AvgIpc) is 3.01. The minimum Gasteiger partial charge on any atom is -0.398 e. The molecule has 0 aliphatic carbocycles. The Morgan fingerprint density at radius 1 is 0.905 bits per heavy atom. The molecule has 4 aromatic carbocycles. The van der Waals surface area contributed by atoms with E-state index in [4.69, 9.17) is 15.2 Å². The normalized spacial score (nSPS) is 18.4. The number of thioether (sulfide) groups is 1. The lowest BCUT2D eigenvalue weighted by molar-refractivity contribution is -0.245. The van der Waals surface area contributed by atoms with E-state index in [9.17, 15) is 14.7 Å². The molecule has 7 nitrogen and oxygen atoms in total. The summed E-state index contributed by atoms with van der Waals surface area (Å²) in [4.78, 5) is 25.3. The van der Waals surface area contributed by atoms with E-state index in [1.54, 1.807) is 36.0 Å². The number of aliphatic hydroxyl groups is 1. The third kappa shape index (κ3) is 7.66. The second-order valence-corrected chi connectivity index (χ2v) is 11.4. The molecule has 5 rings (SSSR count). The molecule has 0 radical (unpaired) electrons. The van der Waals surface area contributed by atoms with Crippen LogP contribution in [0.25, 0.3) is 0 Å². The fourth-order valence-electron chi connectivity index (χ4n) is 4.82. The van der Waals surface area contributed by atoms with Crippen LogP contribution in [0, 0.1) is 0 Å². The molecule has 0 spiro atoms. The molecule has 4 aromatic rings. The summed E-state index contributed by atoms with van der Waals surface area (Å²) in [6.45, 7) is 1.49. The Kier molecular flexibility index (Phi) is 9.71. The predicted molar refractivity (Wildman–Crippen MR) is 165 cm³/mol. The molecule has 1 amide bonds. The quantitative estimate of drug-likeness (QED) is 0.111. The molecule has 0 saturated carbocycles. The maximum absolute atomic E-state index is 12.7. The number of hydrogen-bond donors (Lipinski definition) is 3. The summed E-state index contributed by atoms with van der Waals surface area (Å²) in [5, 5.41) is 12.3. The van der Waals surface area contributed by atoms with E-state index in [1.165, 1.54) is 6.92 Å². The number of Topliss-reactive ketones (excluding diaryl/α,β-unsaturated/α-hetero) is 1. The number of hydrogen-bond acceptors (Lipinski definition) is 7. The molecular formula is C34H34N2O5S. The van der Waals surface area contributed by atoms with Crippen molar-refractivity contribution in [3.63, 3.8) is 0 Å². The monoisotopic (exact) mass is 582 g/mol. The van der Waals surface area contributed by atoms with E-state index in [-0.39, 0.29) is 36.9 Å². The number of carbonyl (C=O) groups excluding carboxylic acids is 2. The molecule has 1 aliphatic rings. The number of benzene rings is 4. The fraction of sp³-hybridized carbons (Fsp3) is 0.235. The third-order valence-corrected chi connectivity index (χ3v) is 8.35. The van der Waals surface area contributed by atoms with Gasteiger partial charge < -0.3 is 25.6 Å². The van der Waals surface area contributed by atoms with Gasteiger partial charge >= 0.3 is 0 Å². The molecule has 8 heteroatoms. The first kappa shape index (κ1) is 29.5. The van der Waals surface area contributed by atoms with Crippen LogP contribution < -0.4 is 11.1 Å². The van der Waals surface area contributed by atoms with Crippen molar-refractivity contribution >= 4 is 34.8 Å². The Bertz CT molecular complexity index is 1520. The van der Waals surface area contributed by atoms with E-state index in [0.29, 0.717) is 23.4 Å². The van der Waals surface area contributed by atoms with Crippen molar-refractivity contribution in [1.29, 1.82) is 0 Å². The largest absolute Gasteiger partial charge is 0.398 e. The summed E-state index contributed by atoms with van der Waals surface area (Å²) in [6.07, 6.45) is 0.00233. The van der Waals surface area contributed by atoms with E-state index in [1.807, 2.05) is 72.8 Å². The number of nitrogen functional groups attached to an aromatic ring is 1. The van der Waals surface area contributed by atoms with Crippen LogP contribution in [0.15, 0.2) is 102 Å². The van der Waals surface area contributed by atoms with Crippen LogP contribution in [0.5, 0.6) is 0 Å². The van der Waals surface area contributed by atoms with E-state index in [2.05, 4.69) is 5.32 Å². The number of para-hydroxylation sites is 1. The van der Waals surface area contributed by atoms with Crippen molar-refractivity contribution in [2.75, 3.05) is 16.8 Å². The highest BCUT2D eigenvalue weighted by Gasteiger charge is 2.32. The molecule has 1 fully saturated rings. The Hall–Kier alpha value is -3.95. The van der Waals surface area contributed by atoms with Crippen molar-refractivity contribution < 1.29 is 24.2 Å². The summed E-state index contributed by atoms with van der Waals surface area (Å²) in [5.41, 5.74) is 11.6. The van der Waals surface area contributed by atoms with Crippen LogP contribution in [-0.2, 0) is 27.3 Å². The third-order valence-electron chi connectivity index (χ3n) is 7.13. The van der Waals surface area contributed by atoms with Crippen molar-refractivity contribution in [2.24, 2.45) is 0 Å². The molecule has 1 heterocycles. The number of rotatable bonds is 10. The second-order valence-electron chi connectivity index (χ2n) is 10.3. The number of nitrogens with two attached hydrogens (primary N) is 1. The van der Waals surface area contributed by atoms with Gasteiger partial charge in [-0.1, -0.05) is 72.8 Å². The minimum atomic E-state index is -0.586. The lowest BCUT2D eigenvalue weighted by Gasteiger charge is -2.36. The Morgan fingerprint density at radius 3 is 2.33 bits per heavy atom. The van der Waals surface area contributed by atoms with Crippen molar-refractivity contribution in [3.05, 3.63) is 125 Å². The molecular weight excluding hydrogens is 548 g/mol. The topological polar surface area (TPSA) is 111 Å². The lowest BCUT2D eigenvalue weighted by atomic mass is 10.0. The van der Waals surface area contributed by atoms with Gasteiger partial charge in [-0.05, 0) is 47.9 Å². The predicted octanol–water partition coefficient (Wildman–Crippen LogP) is 6.48. The van der Waals surface area contributed by atoms with Gasteiger partial charge in [0.05, 0.1) is 25.2 Å². The summed E-state index contributed by atoms with van der Waals surface area (Å²) in [5.74, 6) is 0.489. The molecule has 1 saturated heterocycles. The zero-order chi connectivity index (χ0) is 29.5. The zero-order valence-electron chi connectivity index (χ0n) is 23.4. The number of carbonyl (C=O) groups is 2. The molecule has 0 aromatic heterocycles. The number of amides is 1. The molecule has 1 aliphatic heterocycles. The van der Waals surface area contributed by atoms with Gasteiger partial charge in [0.25, 0.3) is 0 Å². The highest BCUT2D eigenvalue weighted by Crippen LogP contribution is 2.40. The first-order chi connectivity index (χ1) is 20.4. The molecule has 3 unspecified atom stereocenters. The van der Waals surface area contributed by atoms with Crippen LogP contribution in [-0.4, -0.2) is 28.7 Å². The maximum Gasteiger partial charge on any atom is 0.228 e. The van der Waals surface area contributed by atoms with Gasteiger partial charge in [-0.15, -0.1) is 11.8 Å². The van der Waals surface area contributed by atoms with Gasteiger partial charge in [0, 0.05) is 39.6 Å². The Morgan fingerprint density at radius 2 is 1.62 bits per heavy atom. The fourth-order valence-corrected chi connectivity index (χ4v) is 5.81. The van der Waals surface area contributed by atoms with Gasteiger partial charge in [0.15, 0.2) is 12.1 Å². The van der Waals surface area contributed by atoms with Gasteiger partial charge in [0.1, 0.15) is 0 Å². The van der Waals surface area contributed by atoms with Gasteiger partial charge in [-0.3, -0.25) is 9.59 Å². The summed E-state index contributed by atoms with van der Waals surface area (Å²) in [7, 11) is 0. The maximum atomic E-state index is 12.7. The van der Waals surface area contributed by atoms with Gasteiger partial charge in [-0.25, -0.2) is 0 Å². The summed E-state index contributed by atoms with van der Waals surface area (Å²) < 4.78 is 12.9. The van der Waals surface area contributed by atoms with Gasteiger partial charge in [0.2, 0.25) is 5.91 Å². The number of ether oxygens (including phenoxy) is 2. The lowest BCUT2D eigenvalue weighted by Crippen LogP contribution is -2.31.